The van der Waals surface area contributed by atoms with E-state index >= 15 is 0 Å². The van der Waals surface area contributed by atoms with Crippen LogP contribution in [0.1, 0.15) is 11.1 Å². The van der Waals surface area contributed by atoms with Crippen LogP contribution in [0.25, 0.3) is 0 Å². The van der Waals surface area contributed by atoms with Crippen molar-refractivity contribution in [2.45, 2.75) is 12.7 Å². The molecule has 0 unspecified atom stereocenters. The molecule has 0 heterocycles. The Bertz CT molecular complexity index is 732. The van der Waals surface area contributed by atoms with E-state index in [1.165, 1.54) is 24.1 Å². The quantitative estimate of drug-likeness (QED) is 0.794. The first-order chi connectivity index (χ1) is 11.8. The number of benzene rings is 2. The van der Waals surface area contributed by atoms with Crippen LogP contribution in [-0.2, 0) is 17.5 Å². The summed E-state index contributed by atoms with van der Waals surface area (Å²) in [6.45, 7) is -0.0538. The maximum atomic E-state index is 12.7. The highest BCUT2D eigenvalue weighted by Gasteiger charge is 2.30. The monoisotopic (exact) mass is 353 g/mol. The number of ether oxygens (including phenoxy) is 2. The van der Waals surface area contributed by atoms with Gasteiger partial charge in [0.1, 0.15) is 11.5 Å². The number of halogens is 3. The fourth-order valence-corrected chi connectivity index (χ4v) is 2.19. The van der Waals surface area contributed by atoms with Gasteiger partial charge < -0.3 is 14.4 Å². The van der Waals surface area contributed by atoms with Crippen LogP contribution in [0.15, 0.2) is 48.5 Å². The molecule has 0 saturated carbocycles. The molecule has 0 fully saturated rings. The zero-order chi connectivity index (χ0) is 18.4. The van der Waals surface area contributed by atoms with Crippen molar-refractivity contribution in [1.82, 2.24) is 4.90 Å². The van der Waals surface area contributed by atoms with Gasteiger partial charge in [0.05, 0.1) is 12.7 Å². The molecule has 0 saturated heterocycles. The number of alkyl halides is 3. The summed E-state index contributed by atoms with van der Waals surface area (Å²) in [5.74, 6) is 0.290. The largest absolute Gasteiger partial charge is 0.496 e. The molecule has 0 aliphatic heterocycles. The van der Waals surface area contributed by atoms with Crippen molar-refractivity contribution in [3.05, 3.63) is 59.7 Å². The van der Waals surface area contributed by atoms with E-state index < -0.39 is 11.7 Å². The van der Waals surface area contributed by atoms with Gasteiger partial charge in [0, 0.05) is 19.2 Å². The lowest BCUT2D eigenvalue weighted by Gasteiger charge is -2.19. The van der Waals surface area contributed by atoms with Gasteiger partial charge in [0.15, 0.2) is 6.61 Å². The predicted octanol–water partition coefficient (Wildman–Crippen LogP) is 3.75. The van der Waals surface area contributed by atoms with E-state index in [4.69, 9.17) is 9.47 Å². The lowest BCUT2D eigenvalue weighted by Crippen LogP contribution is -2.31. The molecule has 0 aromatic heterocycles. The first-order valence-corrected chi connectivity index (χ1v) is 7.47. The molecule has 134 valence electrons. The number of carbonyl (C=O) groups is 1. The Balaban J connectivity index is 1.96. The van der Waals surface area contributed by atoms with Gasteiger partial charge in [-0.15, -0.1) is 0 Å². The number of hydrogen-bond acceptors (Lipinski definition) is 3. The molecule has 7 heteroatoms. The summed E-state index contributed by atoms with van der Waals surface area (Å²) in [4.78, 5) is 13.6. The third kappa shape index (κ3) is 5.14. The van der Waals surface area contributed by atoms with Crippen molar-refractivity contribution in [1.29, 1.82) is 0 Å². The molecule has 2 aromatic carbocycles. The molecule has 0 spiro atoms. The van der Waals surface area contributed by atoms with Gasteiger partial charge in [0.25, 0.3) is 5.91 Å². The van der Waals surface area contributed by atoms with E-state index in [0.717, 1.165) is 17.7 Å². The van der Waals surface area contributed by atoms with Crippen molar-refractivity contribution in [2.75, 3.05) is 20.8 Å². The molecule has 0 aliphatic rings. The summed E-state index contributed by atoms with van der Waals surface area (Å²) in [6, 6.07) is 11.7. The first kappa shape index (κ1) is 18.6. The highest BCUT2D eigenvalue weighted by atomic mass is 19.4. The zero-order valence-corrected chi connectivity index (χ0v) is 13.8. The number of hydrogen-bond donors (Lipinski definition) is 0. The summed E-state index contributed by atoms with van der Waals surface area (Å²) in [5.41, 5.74) is -0.000237. The summed E-state index contributed by atoms with van der Waals surface area (Å²) in [7, 11) is 3.13. The number of nitrogens with zero attached hydrogens (tertiary/aromatic N) is 1. The van der Waals surface area contributed by atoms with Gasteiger partial charge >= 0.3 is 6.18 Å². The van der Waals surface area contributed by atoms with Gasteiger partial charge in [-0.3, -0.25) is 4.79 Å². The van der Waals surface area contributed by atoms with Crippen LogP contribution in [0.5, 0.6) is 11.5 Å². The maximum absolute atomic E-state index is 12.7. The number of carbonyl (C=O) groups excluding carboxylic acids is 1. The van der Waals surface area contributed by atoms with Crippen molar-refractivity contribution in [3.63, 3.8) is 0 Å². The number of para-hydroxylation sites is 1. The van der Waals surface area contributed by atoms with Crippen LogP contribution >= 0.6 is 0 Å². The Labute approximate surface area is 143 Å². The van der Waals surface area contributed by atoms with Gasteiger partial charge in [-0.25, -0.2) is 0 Å². The number of methoxy groups -OCH3 is 1. The molecular weight excluding hydrogens is 335 g/mol. The standard InChI is InChI=1S/C18H18F3NO3/c1-22(11-13-6-3-4-9-16(13)24-2)17(23)12-25-15-8-5-7-14(10-15)18(19,20)21/h3-10H,11-12H2,1-2H3. The Kier molecular flexibility index (Phi) is 5.90. The highest BCUT2D eigenvalue weighted by molar-refractivity contribution is 5.77. The van der Waals surface area contributed by atoms with Crippen molar-refractivity contribution in [3.8, 4) is 11.5 Å². The summed E-state index contributed by atoms with van der Waals surface area (Å²) in [5, 5.41) is 0. The van der Waals surface area contributed by atoms with Crippen LogP contribution in [0.4, 0.5) is 13.2 Å². The minimum atomic E-state index is -4.45. The molecule has 0 radical (unpaired) electrons. The maximum Gasteiger partial charge on any atom is 0.416 e. The molecular formula is C18H18F3NO3. The topological polar surface area (TPSA) is 38.8 Å². The molecule has 4 nitrogen and oxygen atoms in total. The van der Waals surface area contributed by atoms with Crippen molar-refractivity contribution >= 4 is 5.91 Å². The predicted molar refractivity (Wildman–Crippen MR) is 86.4 cm³/mol. The Hall–Kier alpha value is -2.70. The molecule has 2 rings (SSSR count). The highest BCUT2D eigenvalue weighted by Crippen LogP contribution is 2.31. The van der Waals surface area contributed by atoms with E-state index in [2.05, 4.69) is 0 Å². The van der Waals surface area contributed by atoms with Crippen molar-refractivity contribution < 1.29 is 27.4 Å². The van der Waals surface area contributed by atoms with Crippen molar-refractivity contribution in [2.24, 2.45) is 0 Å². The summed E-state index contributed by atoms with van der Waals surface area (Å²) < 4.78 is 48.4. The van der Waals surface area contributed by atoms with Crippen LogP contribution in [0.3, 0.4) is 0 Å². The molecule has 0 bridgehead atoms. The molecule has 0 N–H and O–H groups in total. The number of rotatable bonds is 6. The minimum absolute atomic E-state index is 0.00568. The lowest BCUT2D eigenvalue weighted by molar-refractivity contribution is -0.137. The van der Waals surface area contributed by atoms with Gasteiger partial charge in [-0.2, -0.15) is 13.2 Å². The van der Waals surface area contributed by atoms with E-state index in [9.17, 15) is 18.0 Å². The number of likely N-dealkylation sites (N-methyl/N-ethyl adjacent to an activating group) is 1. The van der Waals surface area contributed by atoms with E-state index in [0.29, 0.717) is 12.3 Å². The SMILES string of the molecule is COc1ccccc1CN(C)C(=O)COc1cccc(C(F)(F)F)c1. The zero-order valence-electron chi connectivity index (χ0n) is 13.8. The molecule has 0 aliphatic carbocycles. The van der Waals surface area contributed by atoms with Crippen LogP contribution < -0.4 is 9.47 Å². The van der Waals surface area contributed by atoms with Gasteiger partial charge in [0.2, 0.25) is 0 Å². The average molecular weight is 353 g/mol. The van der Waals surface area contributed by atoms with Crippen LogP contribution in [0, 0.1) is 0 Å². The Morgan fingerprint density at radius 3 is 2.52 bits per heavy atom. The molecule has 1 amide bonds. The van der Waals surface area contributed by atoms with Crippen LogP contribution in [0.2, 0.25) is 0 Å². The molecule has 25 heavy (non-hydrogen) atoms. The molecule has 0 atom stereocenters. The third-order valence-electron chi connectivity index (χ3n) is 3.55. The second kappa shape index (κ2) is 7.92. The van der Waals surface area contributed by atoms with E-state index in [1.807, 2.05) is 18.2 Å². The lowest BCUT2D eigenvalue weighted by atomic mass is 10.2. The molecule has 2 aromatic rings. The second-order valence-electron chi connectivity index (χ2n) is 5.38. The second-order valence-corrected chi connectivity index (χ2v) is 5.38. The average Bonchev–Trinajstić information content (AvgIpc) is 2.59. The van der Waals surface area contributed by atoms with E-state index in [1.54, 1.807) is 13.1 Å². The fraction of sp³-hybridized carbons (Fsp3) is 0.278. The Morgan fingerprint density at radius 1 is 1.12 bits per heavy atom. The Morgan fingerprint density at radius 2 is 1.84 bits per heavy atom. The van der Waals surface area contributed by atoms with Gasteiger partial charge in [-0.1, -0.05) is 24.3 Å². The van der Waals surface area contributed by atoms with Gasteiger partial charge in [-0.05, 0) is 24.3 Å². The van der Waals surface area contributed by atoms with E-state index in [-0.39, 0.29) is 18.3 Å². The summed E-state index contributed by atoms with van der Waals surface area (Å²) in [6.07, 6.45) is -4.45. The van der Waals surface area contributed by atoms with Crippen LogP contribution in [-0.4, -0.2) is 31.6 Å². The smallest absolute Gasteiger partial charge is 0.416 e. The third-order valence-corrected chi connectivity index (χ3v) is 3.55. The fourth-order valence-electron chi connectivity index (χ4n) is 2.19. The summed E-state index contributed by atoms with van der Waals surface area (Å²) >= 11 is 0. The normalized spacial score (nSPS) is 11.1. The minimum Gasteiger partial charge on any atom is -0.496 e. The first-order valence-electron chi connectivity index (χ1n) is 7.47. The number of amides is 1.